The molecule has 1 aromatic heterocycles. The Morgan fingerprint density at radius 3 is 2.64 bits per heavy atom. The predicted molar refractivity (Wildman–Crippen MR) is 57.4 cm³/mol. The van der Waals surface area contributed by atoms with Gasteiger partial charge in [0.15, 0.2) is 0 Å². The lowest BCUT2D eigenvalue weighted by Crippen LogP contribution is -2.03. The van der Waals surface area contributed by atoms with Crippen LogP contribution in [-0.4, -0.2) is 29.9 Å². The van der Waals surface area contributed by atoms with Crippen LogP contribution in [0.4, 0.5) is 0 Å². The van der Waals surface area contributed by atoms with Gasteiger partial charge in [0.05, 0.1) is 14.2 Å². The van der Waals surface area contributed by atoms with Gasteiger partial charge in [-0.15, -0.1) is 0 Å². The largest absolute Gasteiger partial charge is 0.481 e. The van der Waals surface area contributed by atoms with Gasteiger partial charge < -0.3 is 9.47 Å². The van der Waals surface area contributed by atoms with Gasteiger partial charge in [0.25, 0.3) is 0 Å². The summed E-state index contributed by atoms with van der Waals surface area (Å²) in [6, 6.07) is 0.317. The van der Waals surface area contributed by atoms with E-state index in [-0.39, 0.29) is 5.92 Å². The smallest absolute Gasteiger partial charge is 0.319 e. The first kappa shape index (κ1) is 11.1. The van der Waals surface area contributed by atoms with Crippen molar-refractivity contribution in [2.24, 2.45) is 0 Å². The highest BCUT2D eigenvalue weighted by Gasteiger charge is 2.13. The van der Waals surface area contributed by atoms with Crippen molar-refractivity contribution >= 4 is 12.6 Å². The molecule has 0 saturated carbocycles. The van der Waals surface area contributed by atoms with Gasteiger partial charge in [-0.2, -0.15) is 17.6 Å². The summed E-state index contributed by atoms with van der Waals surface area (Å²) in [5.74, 6) is 1.55. The van der Waals surface area contributed by atoms with Gasteiger partial charge >= 0.3 is 6.01 Å². The van der Waals surface area contributed by atoms with Crippen LogP contribution in [-0.2, 0) is 0 Å². The molecule has 0 N–H and O–H groups in total. The molecular formula is C9H14N2O2S. The van der Waals surface area contributed by atoms with Crippen LogP contribution >= 0.6 is 12.6 Å². The van der Waals surface area contributed by atoms with Crippen LogP contribution in [0.1, 0.15) is 18.4 Å². The van der Waals surface area contributed by atoms with Crippen molar-refractivity contribution < 1.29 is 9.47 Å². The van der Waals surface area contributed by atoms with E-state index in [4.69, 9.17) is 9.47 Å². The summed E-state index contributed by atoms with van der Waals surface area (Å²) in [4.78, 5) is 8.12. The van der Waals surface area contributed by atoms with Gasteiger partial charge in [0.2, 0.25) is 5.88 Å². The highest BCUT2D eigenvalue weighted by Crippen LogP contribution is 2.25. The average molecular weight is 214 g/mol. The van der Waals surface area contributed by atoms with Crippen LogP contribution in [0.5, 0.6) is 11.9 Å². The summed E-state index contributed by atoms with van der Waals surface area (Å²) in [6.07, 6.45) is 1.71. The van der Waals surface area contributed by atoms with Crippen molar-refractivity contribution in [3.05, 3.63) is 11.8 Å². The van der Waals surface area contributed by atoms with Gasteiger partial charge in [-0.3, -0.25) is 0 Å². The molecule has 1 atom stereocenters. The lowest BCUT2D eigenvalue weighted by atomic mass is 10.1. The molecule has 5 heteroatoms. The normalized spacial score (nSPS) is 12.3. The van der Waals surface area contributed by atoms with Crippen LogP contribution in [0, 0.1) is 0 Å². The van der Waals surface area contributed by atoms with Crippen LogP contribution in [0.15, 0.2) is 6.20 Å². The third-order valence-electron chi connectivity index (χ3n) is 1.94. The minimum absolute atomic E-state index is 0.263. The number of rotatable bonds is 4. The summed E-state index contributed by atoms with van der Waals surface area (Å²) in [7, 11) is 3.10. The monoisotopic (exact) mass is 214 g/mol. The maximum Gasteiger partial charge on any atom is 0.319 e. The van der Waals surface area contributed by atoms with Gasteiger partial charge in [-0.25, -0.2) is 4.98 Å². The SMILES string of the molecule is COc1ncc(C(C)CS)c(OC)n1. The van der Waals surface area contributed by atoms with Crippen LogP contribution in [0.25, 0.3) is 0 Å². The zero-order chi connectivity index (χ0) is 10.6. The first-order valence-corrected chi connectivity index (χ1v) is 4.92. The Balaban J connectivity index is 3.04. The van der Waals surface area contributed by atoms with Crippen molar-refractivity contribution in [2.75, 3.05) is 20.0 Å². The van der Waals surface area contributed by atoms with Crippen LogP contribution in [0.3, 0.4) is 0 Å². The summed E-state index contributed by atoms with van der Waals surface area (Å²) < 4.78 is 10.0. The van der Waals surface area contributed by atoms with Crippen molar-refractivity contribution in [1.29, 1.82) is 0 Å². The Morgan fingerprint density at radius 2 is 2.14 bits per heavy atom. The minimum Gasteiger partial charge on any atom is -0.481 e. The van der Waals surface area contributed by atoms with Gasteiger partial charge in [-0.05, 0) is 11.7 Å². The zero-order valence-electron chi connectivity index (χ0n) is 8.52. The van der Waals surface area contributed by atoms with Crippen molar-refractivity contribution in [1.82, 2.24) is 9.97 Å². The predicted octanol–water partition coefficient (Wildman–Crippen LogP) is 1.53. The Labute approximate surface area is 89.1 Å². The molecule has 0 aliphatic heterocycles. The number of thiol groups is 1. The number of hydrogen-bond donors (Lipinski definition) is 1. The molecule has 0 amide bonds. The fourth-order valence-corrected chi connectivity index (χ4v) is 1.26. The first-order chi connectivity index (χ1) is 6.72. The second-order valence-corrected chi connectivity index (χ2v) is 3.27. The van der Waals surface area contributed by atoms with E-state index in [9.17, 15) is 0 Å². The standard InChI is InChI=1S/C9H14N2O2S/c1-6(5-14)7-4-10-9(13-3)11-8(7)12-2/h4,6,14H,5H2,1-3H3. The molecule has 0 aliphatic carbocycles. The van der Waals surface area contributed by atoms with E-state index in [0.717, 1.165) is 11.3 Å². The van der Waals surface area contributed by atoms with E-state index >= 15 is 0 Å². The molecule has 1 unspecified atom stereocenters. The molecule has 78 valence electrons. The summed E-state index contributed by atoms with van der Waals surface area (Å²) >= 11 is 4.22. The molecule has 0 saturated heterocycles. The number of hydrogen-bond acceptors (Lipinski definition) is 5. The first-order valence-electron chi connectivity index (χ1n) is 4.28. The second kappa shape index (κ2) is 5.05. The summed E-state index contributed by atoms with van der Waals surface area (Å²) in [6.45, 7) is 2.04. The summed E-state index contributed by atoms with van der Waals surface area (Å²) in [5, 5.41) is 0. The Bertz CT molecular complexity index is 307. The molecule has 0 fully saturated rings. The molecule has 0 aromatic carbocycles. The van der Waals surface area contributed by atoms with E-state index in [1.165, 1.54) is 7.11 Å². The second-order valence-electron chi connectivity index (χ2n) is 2.90. The third kappa shape index (κ3) is 2.29. The maximum absolute atomic E-state index is 5.15. The van der Waals surface area contributed by atoms with E-state index in [0.29, 0.717) is 11.9 Å². The molecule has 14 heavy (non-hydrogen) atoms. The maximum atomic E-state index is 5.15. The topological polar surface area (TPSA) is 44.2 Å². The molecule has 0 radical (unpaired) electrons. The highest BCUT2D eigenvalue weighted by molar-refractivity contribution is 7.80. The Morgan fingerprint density at radius 1 is 1.43 bits per heavy atom. The molecule has 0 spiro atoms. The Kier molecular flexibility index (Phi) is 4.00. The quantitative estimate of drug-likeness (QED) is 0.772. The van der Waals surface area contributed by atoms with Gasteiger partial charge in [0, 0.05) is 11.8 Å². The molecule has 1 aromatic rings. The number of methoxy groups -OCH3 is 2. The molecular weight excluding hydrogens is 200 g/mol. The highest BCUT2D eigenvalue weighted by atomic mass is 32.1. The molecule has 1 rings (SSSR count). The van der Waals surface area contributed by atoms with Crippen LogP contribution in [0.2, 0.25) is 0 Å². The number of nitrogens with zero attached hydrogens (tertiary/aromatic N) is 2. The van der Waals surface area contributed by atoms with Crippen molar-refractivity contribution in [2.45, 2.75) is 12.8 Å². The Hall–Kier alpha value is -0.970. The lowest BCUT2D eigenvalue weighted by molar-refractivity contribution is 0.347. The molecule has 0 bridgehead atoms. The molecule has 0 aliphatic rings. The number of ether oxygens (including phenoxy) is 2. The lowest BCUT2D eigenvalue weighted by Gasteiger charge is -2.12. The van der Waals surface area contributed by atoms with Gasteiger partial charge in [0.1, 0.15) is 0 Å². The van der Waals surface area contributed by atoms with E-state index < -0.39 is 0 Å². The van der Waals surface area contributed by atoms with E-state index in [1.807, 2.05) is 6.92 Å². The zero-order valence-corrected chi connectivity index (χ0v) is 9.41. The van der Waals surface area contributed by atoms with E-state index in [2.05, 4.69) is 22.6 Å². The van der Waals surface area contributed by atoms with E-state index in [1.54, 1.807) is 13.3 Å². The van der Waals surface area contributed by atoms with Crippen LogP contribution < -0.4 is 9.47 Å². The van der Waals surface area contributed by atoms with Crippen molar-refractivity contribution in [3.63, 3.8) is 0 Å². The van der Waals surface area contributed by atoms with Gasteiger partial charge in [-0.1, -0.05) is 6.92 Å². The fourth-order valence-electron chi connectivity index (χ4n) is 1.06. The number of aromatic nitrogens is 2. The fraction of sp³-hybridized carbons (Fsp3) is 0.556. The molecule has 1 heterocycles. The summed E-state index contributed by atoms with van der Waals surface area (Å²) in [5.41, 5.74) is 0.948. The molecule has 4 nitrogen and oxygen atoms in total. The van der Waals surface area contributed by atoms with Crippen molar-refractivity contribution in [3.8, 4) is 11.9 Å². The average Bonchev–Trinajstić information content (AvgIpc) is 2.27. The third-order valence-corrected chi connectivity index (χ3v) is 2.49. The minimum atomic E-state index is 0.263.